The van der Waals surface area contributed by atoms with Crippen LogP contribution in [-0.4, -0.2) is 20.7 Å². The Morgan fingerprint density at radius 1 is 0.733 bits per heavy atom. The zero-order valence-corrected chi connectivity index (χ0v) is 18.2. The van der Waals surface area contributed by atoms with E-state index in [2.05, 4.69) is 59.9 Å². The van der Waals surface area contributed by atoms with E-state index in [1.54, 1.807) is 12.1 Å². The number of sulfone groups is 1. The van der Waals surface area contributed by atoms with E-state index >= 15 is 0 Å². The molecule has 0 aliphatic heterocycles. The Labute approximate surface area is 180 Å². The first-order valence-corrected chi connectivity index (χ1v) is 12.6. The summed E-state index contributed by atoms with van der Waals surface area (Å²) in [5.41, 5.74) is 4.64. The van der Waals surface area contributed by atoms with Gasteiger partial charge in [0.1, 0.15) is 0 Å². The highest BCUT2D eigenvalue weighted by Gasteiger charge is 2.20. The fourth-order valence-electron chi connectivity index (χ4n) is 4.30. The molecular weight excluding hydrogens is 390 g/mol. The van der Waals surface area contributed by atoms with Gasteiger partial charge in [-0.2, -0.15) is 0 Å². The summed E-state index contributed by atoms with van der Waals surface area (Å²) in [5.74, 6) is 0. The summed E-state index contributed by atoms with van der Waals surface area (Å²) in [5, 5.41) is 3.91. The van der Waals surface area contributed by atoms with Crippen molar-refractivity contribution < 1.29 is 8.42 Å². The van der Waals surface area contributed by atoms with Crippen molar-refractivity contribution in [3.63, 3.8) is 0 Å². The van der Waals surface area contributed by atoms with Crippen molar-refractivity contribution in [3.05, 3.63) is 90.0 Å². The first-order chi connectivity index (χ1) is 14.5. The molecule has 1 saturated carbocycles. The molecule has 1 N–H and O–H groups in total. The summed E-state index contributed by atoms with van der Waals surface area (Å²) in [4.78, 5) is 0.351. The molecule has 0 bridgehead atoms. The van der Waals surface area contributed by atoms with Crippen LogP contribution in [0.3, 0.4) is 0 Å². The minimum atomic E-state index is -3.17. The van der Waals surface area contributed by atoms with Gasteiger partial charge in [0.15, 0.2) is 9.84 Å². The lowest BCUT2D eigenvalue weighted by Crippen LogP contribution is -2.35. The predicted molar refractivity (Wildman–Crippen MR) is 123 cm³/mol. The van der Waals surface area contributed by atoms with Crippen LogP contribution in [0.2, 0.25) is 0 Å². The van der Waals surface area contributed by atoms with Gasteiger partial charge in [-0.3, -0.25) is 0 Å². The summed E-state index contributed by atoms with van der Waals surface area (Å²) in [6, 6.07) is 27.1. The summed E-state index contributed by atoms with van der Waals surface area (Å²) in [6.45, 7) is 0. The maximum absolute atomic E-state index is 11.7. The van der Waals surface area contributed by atoms with Crippen LogP contribution in [0.1, 0.15) is 49.3 Å². The van der Waals surface area contributed by atoms with Crippen molar-refractivity contribution in [2.45, 2.75) is 49.1 Å². The Balaban J connectivity index is 1.59. The Hall–Kier alpha value is -2.43. The average Bonchev–Trinajstić information content (AvgIpc) is 2.78. The number of rotatable bonds is 6. The van der Waals surface area contributed by atoms with Crippen LogP contribution in [0.5, 0.6) is 0 Å². The smallest absolute Gasteiger partial charge is 0.175 e. The predicted octanol–water partition coefficient (Wildman–Crippen LogP) is 5.77. The van der Waals surface area contributed by atoms with E-state index in [-0.39, 0.29) is 6.04 Å². The molecule has 0 amide bonds. The van der Waals surface area contributed by atoms with Crippen molar-refractivity contribution in [1.82, 2.24) is 5.32 Å². The third kappa shape index (κ3) is 5.00. The molecule has 4 rings (SSSR count). The van der Waals surface area contributed by atoms with E-state index in [4.69, 9.17) is 0 Å². The van der Waals surface area contributed by atoms with E-state index in [1.807, 2.05) is 12.1 Å². The molecule has 1 unspecified atom stereocenters. The van der Waals surface area contributed by atoms with Crippen molar-refractivity contribution in [1.29, 1.82) is 0 Å². The SMILES string of the molecule is CS(=O)(=O)c1ccc(-c2ccc(C(NC3CCCCC3)c3ccccc3)cc2)cc1. The maximum Gasteiger partial charge on any atom is 0.175 e. The Bertz CT molecular complexity index is 1050. The molecule has 4 heteroatoms. The largest absolute Gasteiger partial charge is 0.303 e. The third-order valence-electron chi connectivity index (χ3n) is 6.00. The lowest BCUT2D eigenvalue weighted by Gasteiger charge is -2.29. The highest BCUT2D eigenvalue weighted by Crippen LogP contribution is 2.29. The molecule has 156 valence electrons. The van der Waals surface area contributed by atoms with Gasteiger partial charge in [0, 0.05) is 12.3 Å². The fraction of sp³-hybridized carbons (Fsp3) is 0.308. The van der Waals surface area contributed by atoms with E-state index in [1.165, 1.54) is 49.5 Å². The third-order valence-corrected chi connectivity index (χ3v) is 7.13. The van der Waals surface area contributed by atoms with E-state index in [0.717, 1.165) is 11.1 Å². The average molecular weight is 420 g/mol. The van der Waals surface area contributed by atoms with Crippen molar-refractivity contribution >= 4 is 9.84 Å². The minimum absolute atomic E-state index is 0.177. The Kier molecular flexibility index (Phi) is 6.35. The normalized spacial score (nSPS) is 16.3. The molecule has 1 fully saturated rings. The van der Waals surface area contributed by atoms with Crippen LogP contribution in [0, 0.1) is 0 Å². The number of nitrogens with one attached hydrogen (secondary N) is 1. The lowest BCUT2D eigenvalue weighted by molar-refractivity contribution is 0.354. The van der Waals surface area contributed by atoms with Crippen LogP contribution in [0.4, 0.5) is 0 Å². The van der Waals surface area contributed by atoms with Gasteiger partial charge in [0.25, 0.3) is 0 Å². The van der Waals surface area contributed by atoms with E-state index in [0.29, 0.717) is 10.9 Å². The molecule has 0 radical (unpaired) electrons. The molecule has 0 saturated heterocycles. The molecule has 1 aliphatic rings. The second-order valence-electron chi connectivity index (χ2n) is 8.26. The second kappa shape index (κ2) is 9.15. The molecule has 0 heterocycles. The summed E-state index contributed by atoms with van der Waals surface area (Å²) in [6.07, 6.45) is 7.69. The Morgan fingerprint density at radius 2 is 1.27 bits per heavy atom. The van der Waals surface area contributed by atoms with Gasteiger partial charge in [0.2, 0.25) is 0 Å². The second-order valence-corrected chi connectivity index (χ2v) is 10.3. The van der Waals surface area contributed by atoms with Crippen LogP contribution < -0.4 is 5.32 Å². The summed E-state index contributed by atoms with van der Waals surface area (Å²) < 4.78 is 23.4. The number of hydrogen-bond acceptors (Lipinski definition) is 3. The monoisotopic (exact) mass is 419 g/mol. The van der Waals surface area contributed by atoms with E-state index < -0.39 is 9.84 Å². The molecule has 30 heavy (non-hydrogen) atoms. The molecule has 1 atom stereocenters. The van der Waals surface area contributed by atoms with Crippen molar-refractivity contribution in [2.24, 2.45) is 0 Å². The molecular formula is C26H29NO2S. The summed E-state index contributed by atoms with van der Waals surface area (Å²) >= 11 is 0. The molecule has 3 aromatic rings. The van der Waals surface area contributed by atoms with Gasteiger partial charge >= 0.3 is 0 Å². The topological polar surface area (TPSA) is 46.2 Å². The van der Waals surface area contributed by atoms with Gasteiger partial charge in [-0.05, 0) is 47.2 Å². The van der Waals surface area contributed by atoms with Gasteiger partial charge in [-0.25, -0.2) is 8.42 Å². The molecule has 0 spiro atoms. The highest BCUT2D eigenvalue weighted by atomic mass is 32.2. The lowest BCUT2D eigenvalue weighted by atomic mass is 9.91. The first kappa shape index (κ1) is 20.8. The Morgan fingerprint density at radius 3 is 1.83 bits per heavy atom. The summed E-state index contributed by atoms with van der Waals surface area (Å²) in [7, 11) is -3.17. The molecule has 3 nitrogen and oxygen atoms in total. The van der Waals surface area contributed by atoms with Gasteiger partial charge in [0.05, 0.1) is 10.9 Å². The number of benzene rings is 3. The van der Waals surface area contributed by atoms with Crippen LogP contribution in [0.15, 0.2) is 83.8 Å². The van der Waals surface area contributed by atoms with E-state index in [9.17, 15) is 8.42 Å². The molecule has 0 aromatic heterocycles. The van der Waals surface area contributed by atoms with Gasteiger partial charge in [-0.1, -0.05) is 86.0 Å². The van der Waals surface area contributed by atoms with Crippen LogP contribution >= 0.6 is 0 Å². The first-order valence-electron chi connectivity index (χ1n) is 10.7. The molecule has 3 aromatic carbocycles. The molecule has 1 aliphatic carbocycles. The van der Waals surface area contributed by atoms with Crippen molar-refractivity contribution in [3.8, 4) is 11.1 Å². The van der Waals surface area contributed by atoms with Crippen molar-refractivity contribution in [2.75, 3.05) is 6.26 Å². The zero-order valence-electron chi connectivity index (χ0n) is 17.4. The van der Waals surface area contributed by atoms with Crippen LogP contribution in [0.25, 0.3) is 11.1 Å². The minimum Gasteiger partial charge on any atom is -0.303 e. The fourth-order valence-corrected chi connectivity index (χ4v) is 4.93. The number of hydrogen-bond donors (Lipinski definition) is 1. The van der Waals surface area contributed by atoms with Gasteiger partial charge < -0.3 is 5.32 Å². The quantitative estimate of drug-likeness (QED) is 0.552. The zero-order chi connectivity index (χ0) is 21.0. The standard InChI is InChI=1S/C26H29NO2S/c1-30(28,29)25-18-16-21(17-19-25)20-12-14-23(15-13-20)26(22-8-4-2-5-9-22)27-24-10-6-3-7-11-24/h2,4-5,8-9,12-19,24,26-27H,3,6-7,10-11H2,1H3. The highest BCUT2D eigenvalue weighted by molar-refractivity contribution is 7.90. The van der Waals surface area contributed by atoms with Crippen LogP contribution in [-0.2, 0) is 9.84 Å². The maximum atomic E-state index is 11.7. The van der Waals surface area contributed by atoms with Gasteiger partial charge in [-0.15, -0.1) is 0 Å².